The number of carbonyl (C=O) groups excluding carboxylic acids is 3. The van der Waals surface area contributed by atoms with Crippen LogP contribution in [0.5, 0.6) is 0 Å². The summed E-state index contributed by atoms with van der Waals surface area (Å²) in [6, 6.07) is 17.3. The maximum Gasteiger partial charge on any atom is 0.407 e. The van der Waals surface area contributed by atoms with E-state index in [1.165, 1.54) is 4.90 Å². The van der Waals surface area contributed by atoms with Crippen molar-refractivity contribution in [3.8, 4) is 0 Å². The third-order valence-electron chi connectivity index (χ3n) is 4.97. The molecule has 0 aromatic heterocycles. The van der Waals surface area contributed by atoms with Gasteiger partial charge in [-0.1, -0.05) is 60.7 Å². The zero-order valence-corrected chi connectivity index (χ0v) is 17.1. The van der Waals surface area contributed by atoms with E-state index in [2.05, 4.69) is 5.32 Å². The fourth-order valence-electron chi connectivity index (χ4n) is 3.19. The second-order valence-corrected chi connectivity index (χ2v) is 7.22. The third-order valence-corrected chi connectivity index (χ3v) is 4.97. The molecule has 0 aliphatic carbocycles. The molecule has 8 nitrogen and oxygen atoms in total. The van der Waals surface area contributed by atoms with Gasteiger partial charge >= 0.3 is 12.1 Å². The Labute approximate surface area is 180 Å². The number of rotatable bonds is 10. The van der Waals surface area contributed by atoms with Gasteiger partial charge in [-0.15, -0.1) is 0 Å². The van der Waals surface area contributed by atoms with Gasteiger partial charge < -0.3 is 24.8 Å². The van der Waals surface area contributed by atoms with Crippen LogP contribution in [0.25, 0.3) is 0 Å². The van der Waals surface area contributed by atoms with Crippen molar-refractivity contribution in [2.24, 2.45) is 0 Å². The van der Waals surface area contributed by atoms with E-state index in [9.17, 15) is 19.5 Å². The van der Waals surface area contributed by atoms with Gasteiger partial charge in [0, 0.05) is 19.5 Å². The molecule has 0 saturated carbocycles. The van der Waals surface area contributed by atoms with Gasteiger partial charge in [-0.05, 0) is 17.5 Å². The zero-order chi connectivity index (χ0) is 22.1. The van der Waals surface area contributed by atoms with Gasteiger partial charge in [-0.3, -0.25) is 4.79 Å². The maximum absolute atomic E-state index is 12.6. The topological polar surface area (TPSA) is 105 Å². The number of hydrogen-bond donors (Lipinski definition) is 2. The molecule has 3 rings (SSSR count). The molecule has 2 aromatic carbocycles. The number of hydrogen-bond acceptors (Lipinski definition) is 6. The van der Waals surface area contributed by atoms with Crippen molar-refractivity contribution >= 4 is 18.0 Å². The predicted octanol–water partition coefficient (Wildman–Crippen LogP) is 2.01. The lowest BCUT2D eigenvalue weighted by Gasteiger charge is -2.38. The van der Waals surface area contributed by atoms with Crippen molar-refractivity contribution in [2.45, 2.75) is 38.2 Å². The Morgan fingerprint density at radius 3 is 2.06 bits per heavy atom. The van der Waals surface area contributed by atoms with Gasteiger partial charge in [0.05, 0.1) is 6.10 Å². The molecule has 2 aromatic rings. The number of alkyl carbamates (subject to hydrolysis) is 1. The fraction of sp³-hybridized carbons (Fsp3) is 0.348. The molecule has 164 valence electrons. The zero-order valence-electron chi connectivity index (χ0n) is 17.1. The molecular formula is C23H26N2O6. The van der Waals surface area contributed by atoms with Gasteiger partial charge in [0.1, 0.15) is 13.2 Å². The quantitative estimate of drug-likeness (QED) is 0.445. The molecule has 0 radical (unpaired) electrons. The first-order valence-corrected chi connectivity index (χ1v) is 10.2. The maximum atomic E-state index is 12.6. The highest BCUT2D eigenvalue weighted by atomic mass is 16.5. The molecule has 8 heteroatoms. The van der Waals surface area contributed by atoms with E-state index < -0.39 is 24.2 Å². The monoisotopic (exact) mass is 426 g/mol. The Balaban J connectivity index is 1.46. The molecule has 31 heavy (non-hydrogen) atoms. The summed E-state index contributed by atoms with van der Waals surface area (Å²) in [6.45, 7) is 0.647. The van der Waals surface area contributed by atoms with Gasteiger partial charge in [-0.25, -0.2) is 9.59 Å². The summed E-state index contributed by atoms with van der Waals surface area (Å²) in [5.74, 6) is -0.882. The first-order valence-electron chi connectivity index (χ1n) is 10.2. The predicted molar refractivity (Wildman–Crippen MR) is 112 cm³/mol. The smallest absolute Gasteiger partial charge is 0.407 e. The summed E-state index contributed by atoms with van der Waals surface area (Å²) in [5, 5.41) is 13.1. The molecule has 0 spiro atoms. The Morgan fingerprint density at radius 1 is 0.968 bits per heavy atom. The number of esters is 1. The average molecular weight is 426 g/mol. The van der Waals surface area contributed by atoms with E-state index in [1.807, 2.05) is 60.7 Å². The van der Waals surface area contributed by atoms with Gasteiger partial charge in [0.15, 0.2) is 6.04 Å². The molecular weight excluding hydrogens is 400 g/mol. The van der Waals surface area contributed by atoms with Crippen LogP contribution < -0.4 is 5.32 Å². The molecule has 2 atom stereocenters. The second-order valence-electron chi connectivity index (χ2n) is 7.22. The van der Waals surface area contributed by atoms with Gasteiger partial charge in [-0.2, -0.15) is 0 Å². The van der Waals surface area contributed by atoms with Crippen molar-refractivity contribution in [1.82, 2.24) is 10.2 Å². The van der Waals surface area contributed by atoms with E-state index in [4.69, 9.17) is 9.47 Å². The highest BCUT2D eigenvalue weighted by Gasteiger charge is 2.41. The SMILES string of the molecule is O=C(NCCC(O)C(C(=O)OCc1ccccc1)N1CCC1=O)OCc1ccccc1. The molecule has 1 aliphatic rings. The summed E-state index contributed by atoms with van der Waals surface area (Å²) >= 11 is 0. The van der Waals surface area contributed by atoms with Crippen molar-refractivity contribution in [1.29, 1.82) is 0 Å². The molecule has 1 saturated heterocycles. The third kappa shape index (κ3) is 6.55. The number of ether oxygens (including phenoxy) is 2. The van der Waals surface area contributed by atoms with Crippen molar-refractivity contribution in [3.05, 3.63) is 71.8 Å². The first-order chi connectivity index (χ1) is 15.0. The summed E-state index contributed by atoms with van der Waals surface area (Å²) in [7, 11) is 0. The van der Waals surface area contributed by atoms with Crippen LogP contribution in [0.15, 0.2) is 60.7 Å². The van der Waals surface area contributed by atoms with Gasteiger partial charge in [0.2, 0.25) is 5.91 Å². The number of nitrogens with zero attached hydrogens (tertiary/aromatic N) is 1. The average Bonchev–Trinajstić information content (AvgIpc) is 2.79. The number of aliphatic hydroxyl groups is 1. The summed E-state index contributed by atoms with van der Waals surface area (Å²) in [6.07, 6.45) is -1.41. The molecule has 2 amide bonds. The standard InChI is InChI=1S/C23H26N2O6/c26-19(11-13-24-23(29)31-16-18-9-5-2-6-10-18)21(25-14-12-20(25)27)22(28)30-15-17-7-3-1-4-8-17/h1-10,19,21,26H,11-16H2,(H,24,29). The molecule has 2 N–H and O–H groups in total. The number of carbonyl (C=O) groups is 3. The lowest BCUT2D eigenvalue weighted by Crippen LogP contribution is -2.58. The van der Waals surface area contributed by atoms with Crippen molar-refractivity contribution in [2.75, 3.05) is 13.1 Å². The number of nitrogens with one attached hydrogen (secondary N) is 1. The Kier molecular flexibility index (Phi) is 8.00. The highest BCUT2D eigenvalue weighted by molar-refractivity contribution is 5.88. The summed E-state index contributed by atoms with van der Waals surface area (Å²) in [4.78, 5) is 37.6. The molecule has 1 fully saturated rings. The van der Waals surface area contributed by atoms with Crippen LogP contribution in [0.3, 0.4) is 0 Å². The van der Waals surface area contributed by atoms with Crippen LogP contribution in [0.1, 0.15) is 24.0 Å². The van der Waals surface area contributed by atoms with Crippen LogP contribution in [0.2, 0.25) is 0 Å². The Bertz CT molecular complexity index is 874. The minimum absolute atomic E-state index is 0.0506. The van der Waals surface area contributed by atoms with Crippen LogP contribution >= 0.6 is 0 Å². The number of benzene rings is 2. The van der Waals surface area contributed by atoms with Crippen LogP contribution in [-0.4, -0.2) is 53.2 Å². The second kappa shape index (κ2) is 11.1. The Morgan fingerprint density at radius 2 is 1.55 bits per heavy atom. The number of amides is 2. The lowest BCUT2D eigenvalue weighted by atomic mass is 10.0. The molecule has 1 heterocycles. The summed E-state index contributed by atoms with van der Waals surface area (Å²) in [5.41, 5.74) is 1.66. The minimum Gasteiger partial charge on any atom is -0.459 e. The minimum atomic E-state index is -1.18. The van der Waals surface area contributed by atoms with E-state index in [0.29, 0.717) is 13.0 Å². The van der Waals surface area contributed by atoms with Crippen LogP contribution in [0, 0.1) is 0 Å². The highest BCUT2D eigenvalue weighted by Crippen LogP contribution is 2.19. The number of aliphatic hydroxyl groups excluding tert-OH is 1. The number of likely N-dealkylation sites (tertiary alicyclic amines) is 1. The van der Waals surface area contributed by atoms with E-state index in [0.717, 1.165) is 11.1 Å². The molecule has 2 unspecified atom stereocenters. The van der Waals surface area contributed by atoms with Crippen LogP contribution in [-0.2, 0) is 32.3 Å². The van der Waals surface area contributed by atoms with E-state index in [-0.39, 0.29) is 32.1 Å². The van der Waals surface area contributed by atoms with Crippen molar-refractivity contribution < 1.29 is 29.0 Å². The Hall–Kier alpha value is -3.39. The van der Waals surface area contributed by atoms with E-state index >= 15 is 0 Å². The molecule has 1 aliphatic heterocycles. The fourth-order valence-corrected chi connectivity index (χ4v) is 3.19. The van der Waals surface area contributed by atoms with Gasteiger partial charge in [0.25, 0.3) is 0 Å². The normalized spacial score (nSPS) is 14.9. The van der Waals surface area contributed by atoms with Crippen LogP contribution in [0.4, 0.5) is 4.79 Å². The number of β-lactam (4-membered cyclic amide) rings is 1. The van der Waals surface area contributed by atoms with E-state index in [1.54, 1.807) is 0 Å². The lowest BCUT2D eigenvalue weighted by molar-refractivity contribution is -0.167. The largest absolute Gasteiger partial charge is 0.459 e. The summed E-state index contributed by atoms with van der Waals surface area (Å²) < 4.78 is 10.4. The van der Waals surface area contributed by atoms with Crippen molar-refractivity contribution in [3.63, 3.8) is 0 Å². The molecule has 0 bridgehead atoms. The first kappa shape index (κ1) is 22.3.